The first kappa shape index (κ1) is 19.2. The van der Waals surface area contributed by atoms with Crippen molar-refractivity contribution in [2.24, 2.45) is 11.0 Å². The van der Waals surface area contributed by atoms with Crippen molar-refractivity contribution in [2.75, 3.05) is 0 Å². The summed E-state index contributed by atoms with van der Waals surface area (Å²) in [5.74, 6) is -1.94. The molecule has 0 bridgehead atoms. The third-order valence-electron chi connectivity index (χ3n) is 4.65. The Kier molecular flexibility index (Phi) is 4.89. The van der Waals surface area contributed by atoms with Crippen molar-refractivity contribution in [3.8, 4) is 0 Å². The lowest BCUT2D eigenvalue weighted by Gasteiger charge is -2.11. The fourth-order valence-corrected chi connectivity index (χ4v) is 4.72. The number of hydrazone groups is 1. The molecule has 1 aliphatic carbocycles. The number of carbonyl (C=O) groups excluding carboxylic acids is 2. The molecule has 146 valence electrons. The Labute approximate surface area is 172 Å². The van der Waals surface area contributed by atoms with Crippen LogP contribution in [0.1, 0.15) is 31.2 Å². The smallest absolute Gasteiger partial charge is 0.276 e. The number of carbonyl (C=O) groups is 2. The van der Waals surface area contributed by atoms with Gasteiger partial charge in [-0.15, -0.1) is 11.3 Å². The predicted molar refractivity (Wildman–Crippen MR) is 111 cm³/mol. The number of hydrogen-bond donors (Lipinski definition) is 1. The van der Waals surface area contributed by atoms with Crippen molar-refractivity contribution in [1.82, 2.24) is 4.83 Å². The average molecular weight is 425 g/mol. The third kappa shape index (κ3) is 3.52. The van der Waals surface area contributed by atoms with Crippen LogP contribution in [0.5, 0.6) is 0 Å². The van der Waals surface area contributed by atoms with Crippen LogP contribution in [0.25, 0.3) is 0 Å². The first-order valence-electron chi connectivity index (χ1n) is 8.76. The monoisotopic (exact) mass is 424 g/mol. The van der Waals surface area contributed by atoms with Gasteiger partial charge in [0, 0.05) is 11.1 Å². The standard InChI is InChI=1S/C21H16N2O4S2/c1-13-8-10-14(11-9-13)29(26,27)23-22-19(17-7-4-12-28-17)18-20(24)15-5-2-3-6-16(15)21(18)25/h2-12,18,23H,1H3. The Balaban J connectivity index is 1.74. The van der Waals surface area contributed by atoms with Crippen LogP contribution in [0.2, 0.25) is 0 Å². The number of nitrogens with zero attached hydrogens (tertiary/aromatic N) is 1. The van der Waals surface area contributed by atoms with Crippen LogP contribution in [0.3, 0.4) is 0 Å². The van der Waals surface area contributed by atoms with Crippen molar-refractivity contribution in [3.63, 3.8) is 0 Å². The summed E-state index contributed by atoms with van der Waals surface area (Å²) in [5, 5.41) is 5.82. The van der Waals surface area contributed by atoms with Crippen LogP contribution in [-0.4, -0.2) is 25.7 Å². The quantitative estimate of drug-likeness (QED) is 0.386. The Hall–Kier alpha value is -3.10. The van der Waals surface area contributed by atoms with Crippen LogP contribution in [0, 0.1) is 12.8 Å². The molecule has 1 aliphatic rings. The lowest BCUT2D eigenvalue weighted by Crippen LogP contribution is -2.29. The molecular formula is C21H16N2O4S2. The maximum atomic E-state index is 12.9. The Bertz CT molecular complexity index is 1190. The van der Waals surface area contributed by atoms with Gasteiger partial charge in [0.05, 0.1) is 15.5 Å². The molecule has 8 heteroatoms. The van der Waals surface area contributed by atoms with Crippen molar-refractivity contribution in [3.05, 3.63) is 87.6 Å². The van der Waals surface area contributed by atoms with E-state index >= 15 is 0 Å². The molecule has 1 N–H and O–H groups in total. The fourth-order valence-electron chi connectivity index (χ4n) is 3.16. The molecule has 2 aromatic carbocycles. The topological polar surface area (TPSA) is 92.7 Å². The van der Waals surface area contributed by atoms with Crippen LogP contribution >= 0.6 is 11.3 Å². The number of hydrogen-bond acceptors (Lipinski definition) is 6. The van der Waals surface area contributed by atoms with Gasteiger partial charge in [0.2, 0.25) is 0 Å². The third-order valence-corrected chi connectivity index (χ3v) is 6.76. The van der Waals surface area contributed by atoms with E-state index in [-0.39, 0.29) is 22.2 Å². The molecule has 0 unspecified atom stereocenters. The van der Waals surface area contributed by atoms with E-state index in [9.17, 15) is 18.0 Å². The van der Waals surface area contributed by atoms with Gasteiger partial charge in [-0.3, -0.25) is 9.59 Å². The van der Waals surface area contributed by atoms with Crippen molar-refractivity contribution < 1.29 is 18.0 Å². The minimum absolute atomic E-state index is 0.0461. The van der Waals surface area contributed by atoms with Crippen LogP contribution in [-0.2, 0) is 10.0 Å². The number of sulfonamides is 1. The minimum atomic E-state index is -3.95. The second-order valence-corrected chi connectivity index (χ2v) is 9.20. The van der Waals surface area contributed by atoms with Gasteiger partial charge in [-0.05, 0) is 30.5 Å². The fraction of sp³-hybridized carbons (Fsp3) is 0.0952. The highest BCUT2D eigenvalue weighted by molar-refractivity contribution is 7.89. The van der Waals surface area contributed by atoms with Gasteiger partial charge < -0.3 is 0 Å². The van der Waals surface area contributed by atoms with Crippen LogP contribution in [0.15, 0.2) is 76.0 Å². The molecule has 0 spiro atoms. The molecule has 0 saturated heterocycles. The maximum absolute atomic E-state index is 12.9. The van der Waals surface area contributed by atoms with E-state index in [4.69, 9.17) is 0 Å². The van der Waals surface area contributed by atoms with Crippen molar-refractivity contribution in [2.45, 2.75) is 11.8 Å². The number of fused-ring (bicyclic) bond motifs is 1. The Morgan fingerprint density at radius 3 is 2.10 bits per heavy atom. The number of benzene rings is 2. The largest absolute Gasteiger partial charge is 0.293 e. The molecule has 1 aromatic heterocycles. The van der Waals surface area contributed by atoms with Gasteiger partial charge >= 0.3 is 0 Å². The second kappa shape index (κ2) is 7.38. The van der Waals surface area contributed by atoms with E-state index in [0.29, 0.717) is 16.0 Å². The van der Waals surface area contributed by atoms with E-state index in [1.54, 1.807) is 53.9 Å². The number of ketones is 2. The lowest BCUT2D eigenvalue weighted by atomic mass is 9.96. The Morgan fingerprint density at radius 1 is 0.931 bits per heavy atom. The predicted octanol–water partition coefficient (Wildman–Crippen LogP) is 3.43. The number of aryl methyl sites for hydroxylation is 1. The SMILES string of the molecule is Cc1ccc(S(=O)(=O)NN=C(c2cccs2)C2C(=O)c3ccccc3C2=O)cc1. The number of nitrogens with one attached hydrogen (secondary N) is 1. The molecule has 29 heavy (non-hydrogen) atoms. The first-order valence-corrected chi connectivity index (χ1v) is 11.1. The minimum Gasteiger partial charge on any atom is -0.293 e. The average Bonchev–Trinajstić information content (AvgIpc) is 3.32. The molecule has 1 heterocycles. The first-order chi connectivity index (χ1) is 13.9. The summed E-state index contributed by atoms with van der Waals surface area (Å²) in [7, 11) is -3.95. The van der Waals surface area contributed by atoms with Crippen LogP contribution < -0.4 is 4.83 Å². The normalized spacial score (nSPS) is 14.9. The summed E-state index contributed by atoms with van der Waals surface area (Å²) in [6, 6.07) is 16.3. The molecule has 4 rings (SSSR count). The zero-order chi connectivity index (χ0) is 20.6. The molecule has 0 aliphatic heterocycles. The molecule has 3 aromatic rings. The summed E-state index contributed by atoms with van der Waals surface area (Å²) >= 11 is 1.28. The summed E-state index contributed by atoms with van der Waals surface area (Å²) in [6.07, 6.45) is 0. The summed E-state index contributed by atoms with van der Waals surface area (Å²) in [4.78, 5) is 28.6. The summed E-state index contributed by atoms with van der Waals surface area (Å²) in [5.41, 5.74) is 1.68. The van der Waals surface area contributed by atoms with Gasteiger partial charge in [-0.2, -0.15) is 18.4 Å². The van der Waals surface area contributed by atoms with Gasteiger partial charge in [0.1, 0.15) is 5.92 Å². The number of Topliss-reactive ketones (excluding diaryl/α,β-unsaturated/α-hetero) is 2. The summed E-state index contributed by atoms with van der Waals surface area (Å²) < 4.78 is 25.3. The van der Waals surface area contributed by atoms with Gasteiger partial charge in [-0.25, -0.2) is 0 Å². The van der Waals surface area contributed by atoms with Crippen molar-refractivity contribution in [1.29, 1.82) is 0 Å². The van der Waals surface area contributed by atoms with Gasteiger partial charge in [-0.1, -0.05) is 48.0 Å². The van der Waals surface area contributed by atoms with E-state index in [1.807, 2.05) is 6.92 Å². The van der Waals surface area contributed by atoms with E-state index in [0.717, 1.165) is 5.56 Å². The Morgan fingerprint density at radius 2 is 1.55 bits per heavy atom. The molecule has 0 saturated carbocycles. The molecule has 6 nitrogen and oxygen atoms in total. The summed E-state index contributed by atoms with van der Waals surface area (Å²) in [6.45, 7) is 1.85. The van der Waals surface area contributed by atoms with E-state index in [1.165, 1.54) is 23.5 Å². The van der Waals surface area contributed by atoms with Crippen molar-refractivity contribution >= 4 is 38.6 Å². The lowest BCUT2D eigenvalue weighted by molar-refractivity contribution is 0.0883. The van der Waals surface area contributed by atoms with Gasteiger partial charge in [0.25, 0.3) is 10.0 Å². The van der Waals surface area contributed by atoms with Gasteiger partial charge in [0.15, 0.2) is 11.6 Å². The molecular weight excluding hydrogens is 408 g/mol. The van der Waals surface area contributed by atoms with E-state index in [2.05, 4.69) is 9.93 Å². The highest BCUT2D eigenvalue weighted by atomic mass is 32.2. The zero-order valence-corrected chi connectivity index (χ0v) is 17.0. The highest BCUT2D eigenvalue weighted by Crippen LogP contribution is 2.30. The zero-order valence-electron chi connectivity index (χ0n) is 15.3. The number of rotatable bonds is 5. The molecule has 0 fully saturated rings. The molecule has 0 amide bonds. The molecule has 0 atom stereocenters. The van der Waals surface area contributed by atoms with Crippen LogP contribution in [0.4, 0.5) is 0 Å². The molecule has 0 radical (unpaired) electrons. The highest BCUT2D eigenvalue weighted by Gasteiger charge is 2.42. The number of thiophene rings is 1. The van der Waals surface area contributed by atoms with E-state index < -0.39 is 15.9 Å². The second-order valence-electron chi connectivity index (χ2n) is 6.59. The maximum Gasteiger partial charge on any atom is 0.276 e.